The lowest BCUT2D eigenvalue weighted by Crippen LogP contribution is -2.41. The first kappa shape index (κ1) is 17.5. The van der Waals surface area contributed by atoms with Gasteiger partial charge in [-0.1, -0.05) is 24.3 Å². The molecule has 2 aromatic carbocycles. The summed E-state index contributed by atoms with van der Waals surface area (Å²) in [6, 6.07) is 13.9. The molecule has 0 aliphatic heterocycles. The average Bonchev–Trinajstić information content (AvgIpc) is 3.05. The van der Waals surface area contributed by atoms with Crippen LogP contribution in [0.5, 0.6) is 0 Å². The summed E-state index contributed by atoms with van der Waals surface area (Å²) < 4.78 is 10.2. The summed E-state index contributed by atoms with van der Waals surface area (Å²) in [5, 5.41) is 12.9. The van der Waals surface area contributed by atoms with Crippen molar-refractivity contribution in [1.82, 2.24) is 4.98 Å². The molecule has 0 saturated heterocycles. The van der Waals surface area contributed by atoms with Gasteiger partial charge in [0.05, 0.1) is 31.0 Å². The molecule has 0 bridgehead atoms. The van der Waals surface area contributed by atoms with Crippen LogP contribution in [0, 0.1) is 0 Å². The molecule has 132 valence electrons. The molecule has 0 spiro atoms. The predicted molar refractivity (Wildman–Crippen MR) is 104 cm³/mol. The molecule has 0 atom stereocenters. The molecule has 0 fully saturated rings. The summed E-state index contributed by atoms with van der Waals surface area (Å²) >= 11 is 0. The lowest BCUT2D eigenvalue weighted by Gasteiger charge is -2.04. The average molecular weight is 349 g/mol. The van der Waals surface area contributed by atoms with Crippen molar-refractivity contribution in [3.05, 3.63) is 71.8 Å². The Balaban J connectivity index is 2.11. The zero-order valence-corrected chi connectivity index (χ0v) is 15.0. The zero-order chi connectivity index (χ0) is 18.7. The third-order valence-electron chi connectivity index (χ3n) is 4.44. The van der Waals surface area contributed by atoms with Crippen molar-refractivity contribution in [2.75, 3.05) is 14.2 Å². The molecule has 0 amide bonds. The SMILES string of the molecule is C=CCc1c(-c2ccc(C(=[NH2+])OC)cc2)[nH]c2cc(C(=[NH2+])OC)ccc12. The zero-order valence-electron chi connectivity index (χ0n) is 15.0. The van der Waals surface area contributed by atoms with Gasteiger partial charge in [-0.15, -0.1) is 6.58 Å². The number of benzene rings is 2. The van der Waals surface area contributed by atoms with Crippen LogP contribution in [0.15, 0.2) is 55.1 Å². The van der Waals surface area contributed by atoms with Crippen LogP contribution in [0.2, 0.25) is 0 Å². The van der Waals surface area contributed by atoms with Crippen LogP contribution >= 0.6 is 0 Å². The van der Waals surface area contributed by atoms with Gasteiger partial charge in [-0.25, -0.2) is 10.8 Å². The van der Waals surface area contributed by atoms with Crippen LogP contribution in [0.4, 0.5) is 0 Å². The Morgan fingerprint density at radius 3 is 2.23 bits per heavy atom. The maximum atomic E-state index is 5.90. The van der Waals surface area contributed by atoms with E-state index in [1.54, 1.807) is 14.2 Å². The molecule has 1 aromatic heterocycles. The molecular weight excluding hydrogens is 326 g/mol. The summed E-state index contributed by atoms with van der Waals surface area (Å²) in [5.74, 6) is 0.790. The standard InChI is InChI=1S/C21H21N3O2/c1-4-5-17-16-11-10-15(21(23)26-3)12-18(16)24-19(17)13-6-8-14(9-7-13)20(22)25-2/h4,6-12,22-24H,1,5H2,2-3H3/p+2. The topological polar surface area (TPSA) is 85.4 Å². The molecular formula is C21H23N3O2+2. The number of nitrogens with two attached hydrogens (primary N) is 2. The number of methoxy groups -OCH3 is 2. The highest BCUT2D eigenvalue weighted by Crippen LogP contribution is 2.31. The number of hydrogen-bond acceptors (Lipinski definition) is 2. The van der Waals surface area contributed by atoms with Gasteiger partial charge in [-0.3, -0.25) is 0 Å². The maximum absolute atomic E-state index is 5.90. The van der Waals surface area contributed by atoms with Crippen molar-refractivity contribution in [3.8, 4) is 11.3 Å². The van der Waals surface area contributed by atoms with Crippen molar-refractivity contribution >= 4 is 22.7 Å². The van der Waals surface area contributed by atoms with Crippen LogP contribution in [0.25, 0.3) is 22.2 Å². The van der Waals surface area contributed by atoms with E-state index in [9.17, 15) is 0 Å². The molecule has 0 radical (unpaired) electrons. The van der Waals surface area contributed by atoms with Crippen molar-refractivity contribution in [1.29, 1.82) is 0 Å². The van der Waals surface area contributed by atoms with Crippen molar-refractivity contribution < 1.29 is 20.3 Å². The summed E-state index contributed by atoms with van der Waals surface area (Å²) in [4.78, 5) is 3.51. The van der Waals surface area contributed by atoms with Crippen LogP contribution in [-0.4, -0.2) is 31.0 Å². The number of fused-ring (bicyclic) bond motifs is 1. The van der Waals surface area contributed by atoms with Crippen LogP contribution in [0.3, 0.4) is 0 Å². The van der Waals surface area contributed by atoms with Crippen molar-refractivity contribution in [2.45, 2.75) is 6.42 Å². The van der Waals surface area contributed by atoms with Gasteiger partial charge in [-0.2, -0.15) is 0 Å². The molecule has 5 heteroatoms. The number of allylic oxidation sites excluding steroid dienone is 1. The summed E-state index contributed by atoms with van der Waals surface area (Å²) in [6.07, 6.45) is 2.66. The first-order valence-electron chi connectivity index (χ1n) is 8.28. The molecule has 5 N–H and O–H groups in total. The number of aromatic nitrogens is 1. The number of ether oxygens (including phenoxy) is 2. The van der Waals surface area contributed by atoms with E-state index >= 15 is 0 Å². The van der Waals surface area contributed by atoms with Gasteiger partial charge in [0.25, 0.3) is 0 Å². The second-order valence-corrected chi connectivity index (χ2v) is 5.95. The molecule has 3 rings (SSSR count). The highest BCUT2D eigenvalue weighted by molar-refractivity contribution is 5.98. The number of H-pyrrole nitrogens is 1. The van der Waals surface area contributed by atoms with Gasteiger partial charge in [0.1, 0.15) is 0 Å². The Hall–Kier alpha value is -3.34. The fourth-order valence-corrected chi connectivity index (χ4v) is 3.05. The lowest BCUT2D eigenvalue weighted by atomic mass is 10.0. The normalized spacial score (nSPS) is 10.5. The molecule has 0 aliphatic rings. The minimum atomic E-state index is 0.392. The Labute approximate surface area is 152 Å². The highest BCUT2D eigenvalue weighted by Gasteiger charge is 2.16. The molecule has 0 aliphatic carbocycles. The van der Waals surface area contributed by atoms with Gasteiger partial charge >= 0.3 is 11.8 Å². The fourth-order valence-electron chi connectivity index (χ4n) is 3.05. The summed E-state index contributed by atoms with van der Waals surface area (Å²) in [7, 11) is 3.12. The Morgan fingerprint density at radius 1 is 1.00 bits per heavy atom. The molecule has 0 unspecified atom stereocenters. The number of rotatable bonds is 5. The third-order valence-corrected chi connectivity index (χ3v) is 4.44. The van der Waals surface area contributed by atoms with Gasteiger partial charge in [-0.05, 0) is 41.8 Å². The molecule has 1 heterocycles. The van der Waals surface area contributed by atoms with Gasteiger partial charge in [0.2, 0.25) is 0 Å². The molecule has 26 heavy (non-hydrogen) atoms. The van der Waals surface area contributed by atoms with E-state index in [1.807, 2.05) is 42.5 Å². The van der Waals surface area contributed by atoms with Gasteiger partial charge in [0, 0.05) is 10.9 Å². The van der Waals surface area contributed by atoms with E-state index in [2.05, 4.69) is 17.6 Å². The lowest BCUT2D eigenvalue weighted by molar-refractivity contribution is -0.136. The minimum absolute atomic E-state index is 0.392. The Bertz CT molecular complexity index is 984. The number of nitrogens with one attached hydrogen (secondary N) is 1. The first-order valence-corrected chi connectivity index (χ1v) is 8.28. The maximum Gasteiger partial charge on any atom is 0.366 e. The quantitative estimate of drug-likeness (QED) is 0.363. The first-order chi connectivity index (χ1) is 12.6. The van der Waals surface area contributed by atoms with Crippen molar-refractivity contribution in [2.24, 2.45) is 0 Å². The molecule has 0 saturated carbocycles. The smallest absolute Gasteiger partial charge is 0.366 e. The third kappa shape index (κ3) is 3.11. The predicted octanol–water partition coefficient (Wildman–Crippen LogP) is 0.868. The second kappa shape index (κ2) is 7.27. The Kier molecular flexibility index (Phi) is 4.89. The van der Waals surface area contributed by atoms with E-state index in [0.29, 0.717) is 11.8 Å². The number of hydrogen-bond donors (Lipinski definition) is 3. The highest BCUT2D eigenvalue weighted by atomic mass is 16.5. The van der Waals surface area contributed by atoms with Crippen LogP contribution in [0.1, 0.15) is 16.7 Å². The van der Waals surface area contributed by atoms with Crippen LogP contribution in [-0.2, 0) is 15.9 Å². The van der Waals surface area contributed by atoms with Crippen LogP contribution < -0.4 is 10.8 Å². The summed E-state index contributed by atoms with van der Waals surface area (Å²) in [5.41, 5.74) is 6.00. The minimum Gasteiger partial charge on any atom is -0.448 e. The summed E-state index contributed by atoms with van der Waals surface area (Å²) in [6.45, 7) is 3.89. The largest absolute Gasteiger partial charge is 0.448 e. The van der Waals surface area contributed by atoms with Gasteiger partial charge in [0.15, 0.2) is 0 Å². The van der Waals surface area contributed by atoms with Gasteiger partial charge < -0.3 is 14.5 Å². The fraction of sp³-hybridized carbons (Fsp3) is 0.143. The monoisotopic (exact) mass is 349 g/mol. The molecule has 3 aromatic rings. The van der Waals surface area contributed by atoms with Crippen molar-refractivity contribution in [3.63, 3.8) is 0 Å². The Morgan fingerprint density at radius 2 is 1.62 bits per heavy atom. The van der Waals surface area contributed by atoms with E-state index in [0.717, 1.165) is 39.7 Å². The van der Waals surface area contributed by atoms with E-state index in [1.165, 1.54) is 5.56 Å². The molecule has 5 nitrogen and oxygen atoms in total. The second-order valence-electron chi connectivity index (χ2n) is 5.95. The van der Waals surface area contributed by atoms with E-state index in [4.69, 9.17) is 20.3 Å². The van der Waals surface area contributed by atoms with E-state index < -0.39 is 0 Å². The number of aromatic amines is 1. The van der Waals surface area contributed by atoms with E-state index in [-0.39, 0.29) is 0 Å².